The highest BCUT2D eigenvalue weighted by Gasteiger charge is 1.99. The largest absolute Gasteiger partial charge is 0.350 e. The van der Waals surface area contributed by atoms with Crippen molar-refractivity contribution in [3.8, 4) is 0 Å². The molecule has 0 fully saturated rings. The maximum atomic E-state index is 12.8. The van der Waals surface area contributed by atoms with Gasteiger partial charge in [-0.2, -0.15) is 0 Å². The molecule has 86 valence electrons. The summed E-state index contributed by atoms with van der Waals surface area (Å²) in [5, 5.41) is 2.89. The SMILES string of the molecule is O=Cc1cnc(NCc2cncc(F)c2)nc1. The van der Waals surface area contributed by atoms with Gasteiger partial charge in [-0.1, -0.05) is 0 Å². The average molecular weight is 232 g/mol. The van der Waals surface area contributed by atoms with Crippen molar-refractivity contribution in [3.05, 3.63) is 47.8 Å². The number of nitrogens with one attached hydrogen (secondary N) is 1. The molecule has 0 aliphatic heterocycles. The fourth-order valence-corrected chi connectivity index (χ4v) is 1.22. The van der Waals surface area contributed by atoms with E-state index in [0.717, 1.165) is 6.20 Å². The van der Waals surface area contributed by atoms with Gasteiger partial charge in [-0.15, -0.1) is 0 Å². The number of nitrogens with zero attached hydrogens (tertiary/aromatic N) is 3. The normalized spacial score (nSPS) is 9.94. The molecule has 17 heavy (non-hydrogen) atoms. The van der Waals surface area contributed by atoms with Crippen LogP contribution in [0, 0.1) is 5.82 Å². The second kappa shape index (κ2) is 5.11. The van der Waals surface area contributed by atoms with Gasteiger partial charge < -0.3 is 5.32 Å². The molecular weight excluding hydrogens is 223 g/mol. The number of hydrogen-bond donors (Lipinski definition) is 1. The summed E-state index contributed by atoms with van der Waals surface area (Å²) >= 11 is 0. The van der Waals surface area contributed by atoms with Gasteiger partial charge in [-0.25, -0.2) is 14.4 Å². The van der Waals surface area contributed by atoms with Crippen LogP contribution in [0.5, 0.6) is 0 Å². The fourth-order valence-electron chi connectivity index (χ4n) is 1.22. The third-order valence-electron chi connectivity index (χ3n) is 2.02. The van der Waals surface area contributed by atoms with Crippen molar-refractivity contribution in [2.45, 2.75) is 6.54 Å². The number of halogens is 1. The smallest absolute Gasteiger partial charge is 0.222 e. The molecule has 2 aromatic rings. The van der Waals surface area contributed by atoms with Crippen molar-refractivity contribution < 1.29 is 9.18 Å². The summed E-state index contributed by atoms with van der Waals surface area (Å²) in [6.45, 7) is 0.366. The summed E-state index contributed by atoms with van der Waals surface area (Å²) in [6.07, 6.45) is 6.17. The third kappa shape index (κ3) is 3.04. The van der Waals surface area contributed by atoms with Gasteiger partial charge in [0.25, 0.3) is 0 Å². The summed E-state index contributed by atoms with van der Waals surface area (Å²) in [5.41, 5.74) is 1.09. The number of anilines is 1. The van der Waals surface area contributed by atoms with Crippen LogP contribution in [0.2, 0.25) is 0 Å². The van der Waals surface area contributed by atoms with Crippen LogP contribution in [-0.2, 0) is 6.54 Å². The molecule has 1 N–H and O–H groups in total. The molecule has 0 amide bonds. The Bertz CT molecular complexity index is 515. The number of carbonyl (C=O) groups is 1. The molecule has 0 radical (unpaired) electrons. The van der Waals surface area contributed by atoms with Crippen LogP contribution in [0.1, 0.15) is 15.9 Å². The van der Waals surface area contributed by atoms with Crippen molar-refractivity contribution in [1.82, 2.24) is 15.0 Å². The number of carbonyl (C=O) groups excluding carboxylic acids is 1. The molecule has 0 aromatic carbocycles. The summed E-state index contributed by atoms with van der Waals surface area (Å²) in [6, 6.07) is 1.37. The minimum atomic E-state index is -0.387. The zero-order chi connectivity index (χ0) is 12.1. The van der Waals surface area contributed by atoms with Crippen molar-refractivity contribution in [2.75, 3.05) is 5.32 Å². The van der Waals surface area contributed by atoms with E-state index in [1.807, 2.05) is 0 Å². The molecule has 0 aliphatic rings. The second-order valence-electron chi connectivity index (χ2n) is 3.32. The first-order valence-corrected chi connectivity index (χ1v) is 4.88. The number of hydrogen-bond acceptors (Lipinski definition) is 5. The average Bonchev–Trinajstić information content (AvgIpc) is 2.37. The molecule has 0 atom stereocenters. The van der Waals surface area contributed by atoms with Crippen molar-refractivity contribution >= 4 is 12.2 Å². The summed E-state index contributed by atoms with van der Waals surface area (Å²) in [7, 11) is 0. The molecule has 2 aromatic heterocycles. The predicted octanol–water partition coefficient (Wildman–Crippen LogP) is 1.44. The highest BCUT2D eigenvalue weighted by molar-refractivity contribution is 5.73. The van der Waals surface area contributed by atoms with E-state index in [1.165, 1.54) is 18.5 Å². The van der Waals surface area contributed by atoms with E-state index in [4.69, 9.17) is 0 Å². The Labute approximate surface area is 96.8 Å². The van der Waals surface area contributed by atoms with E-state index in [0.29, 0.717) is 29.9 Å². The highest BCUT2D eigenvalue weighted by Crippen LogP contribution is 2.04. The van der Waals surface area contributed by atoms with E-state index >= 15 is 0 Å². The van der Waals surface area contributed by atoms with Crippen LogP contribution in [0.25, 0.3) is 0 Å². The standard InChI is InChI=1S/C11H9FN4O/c12-10-1-8(2-13-6-10)3-14-11-15-4-9(7-17)5-16-11/h1-2,4-7H,3H2,(H,14,15,16). The maximum Gasteiger partial charge on any atom is 0.222 e. The van der Waals surface area contributed by atoms with Gasteiger partial charge in [-0.3, -0.25) is 9.78 Å². The molecule has 0 bridgehead atoms. The third-order valence-corrected chi connectivity index (χ3v) is 2.02. The zero-order valence-corrected chi connectivity index (χ0v) is 8.80. The van der Waals surface area contributed by atoms with Gasteiger partial charge >= 0.3 is 0 Å². The molecule has 0 saturated heterocycles. The van der Waals surface area contributed by atoms with Gasteiger partial charge in [0.05, 0.1) is 11.8 Å². The van der Waals surface area contributed by atoms with E-state index in [9.17, 15) is 9.18 Å². The Kier molecular flexibility index (Phi) is 3.34. The predicted molar refractivity (Wildman–Crippen MR) is 58.9 cm³/mol. The summed E-state index contributed by atoms with van der Waals surface area (Å²) in [5.74, 6) is -0.0126. The number of aldehydes is 1. The Morgan fingerprint density at radius 2 is 2.00 bits per heavy atom. The monoisotopic (exact) mass is 232 g/mol. The molecule has 0 unspecified atom stereocenters. The molecule has 6 heteroatoms. The van der Waals surface area contributed by atoms with Gasteiger partial charge in [0.15, 0.2) is 6.29 Å². The quantitative estimate of drug-likeness (QED) is 0.808. The van der Waals surface area contributed by atoms with Crippen molar-refractivity contribution in [2.24, 2.45) is 0 Å². The van der Waals surface area contributed by atoms with Crippen LogP contribution >= 0.6 is 0 Å². The Morgan fingerprint density at radius 1 is 1.24 bits per heavy atom. The molecule has 5 nitrogen and oxygen atoms in total. The molecule has 0 spiro atoms. The molecule has 2 rings (SSSR count). The topological polar surface area (TPSA) is 67.8 Å². The lowest BCUT2D eigenvalue weighted by Crippen LogP contribution is -2.04. The first-order chi connectivity index (χ1) is 8.28. The minimum absolute atomic E-state index is 0.366. The number of pyridine rings is 1. The van der Waals surface area contributed by atoms with Gasteiger partial charge in [0.2, 0.25) is 5.95 Å². The molecular formula is C11H9FN4O. The van der Waals surface area contributed by atoms with Crippen LogP contribution in [-0.4, -0.2) is 21.2 Å². The van der Waals surface area contributed by atoms with Crippen LogP contribution < -0.4 is 5.32 Å². The van der Waals surface area contributed by atoms with Crippen LogP contribution in [0.3, 0.4) is 0 Å². The van der Waals surface area contributed by atoms with E-state index < -0.39 is 0 Å². The lowest BCUT2D eigenvalue weighted by atomic mass is 10.3. The highest BCUT2D eigenvalue weighted by atomic mass is 19.1. The maximum absolute atomic E-state index is 12.8. The fraction of sp³-hybridized carbons (Fsp3) is 0.0909. The lowest BCUT2D eigenvalue weighted by molar-refractivity contribution is 0.112. The molecule has 0 saturated carbocycles. The van der Waals surface area contributed by atoms with Gasteiger partial charge in [0, 0.05) is 25.1 Å². The van der Waals surface area contributed by atoms with Crippen molar-refractivity contribution in [1.29, 1.82) is 0 Å². The Morgan fingerprint density at radius 3 is 2.65 bits per heavy atom. The second-order valence-corrected chi connectivity index (χ2v) is 3.32. The number of aromatic nitrogens is 3. The molecule has 2 heterocycles. The van der Waals surface area contributed by atoms with Gasteiger partial charge in [-0.05, 0) is 11.6 Å². The van der Waals surface area contributed by atoms with Crippen molar-refractivity contribution in [3.63, 3.8) is 0 Å². The van der Waals surface area contributed by atoms with E-state index in [1.54, 1.807) is 6.20 Å². The number of rotatable bonds is 4. The Hall–Kier alpha value is -2.37. The van der Waals surface area contributed by atoms with Crippen LogP contribution in [0.15, 0.2) is 30.9 Å². The summed E-state index contributed by atoms with van der Waals surface area (Å²) in [4.78, 5) is 21.9. The van der Waals surface area contributed by atoms with E-state index in [2.05, 4.69) is 20.3 Å². The van der Waals surface area contributed by atoms with E-state index in [-0.39, 0.29) is 5.82 Å². The zero-order valence-electron chi connectivity index (χ0n) is 8.80. The van der Waals surface area contributed by atoms with Crippen LogP contribution in [0.4, 0.5) is 10.3 Å². The lowest BCUT2D eigenvalue weighted by Gasteiger charge is -2.04. The minimum Gasteiger partial charge on any atom is -0.350 e. The molecule has 0 aliphatic carbocycles. The first-order valence-electron chi connectivity index (χ1n) is 4.88. The Balaban J connectivity index is 1.99. The summed E-state index contributed by atoms with van der Waals surface area (Å²) < 4.78 is 12.8. The first kappa shape index (κ1) is 11.1. The van der Waals surface area contributed by atoms with Gasteiger partial charge in [0.1, 0.15) is 5.82 Å².